The summed E-state index contributed by atoms with van der Waals surface area (Å²) in [5.74, 6) is 0.628. The smallest absolute Gasteiger partial charge is 0.223 e. The summed E-state index contributed by atoms with van der Waals surface area (Å²) < 4.78 is 0. The predicted octanol–water partition coefficient (Wildman–Crippen LogP) is 1.31. The van der Waals surface area contributed by atoms with Gasteiger partial charge in [0.05, 0.1) is 0 Å². The average molecular weight is 153 g/mol. The molecule has 1 heterocycles. The zero-order valence-corrected chi connectivity index (χ0v) is 7.02. The second kappa shape index (κ2) is 2.23. The van der Waals surface area contributed by atoms with E-state index >= 15 is 0 Å². The van der Waals surface area contributed by atoms with Gasteiger partial charge in [0.15, 0.2) is 0 Å². The number of rotatable bonds is 1. The summed E-state index contributed by atoms with van der Waals surface area (Å²) >= 11 is 0. The first kappa shape index (κ1) is 7.14. The van der Waals surface area contributed by atoms with E-state index in [-0.39, 0.29) is 0 Å². The van der Waals surface area contributed by atoms with E-state index in [1.54, 1.807) is 0 Å². The monoisotopic (exact) mass is 153 g/mol. The molecule has 2 fully saturated rings. The van der Waals surface area contributed by atoms with Crippen LogP contribution in [0.3, 0.4) is 0 Å². The number of nitrogens with one attached hydrogen (secondary N) is 1. The summed E-state index contributed by atoms with van der Waals surface area (Å²) in [5.41, 5.74) is 0.395. The highest BCUT2D eigenvalue weighted by atomic mass is 16.2. The lowest BCUT2D eigenvalue weighted by Crippen LogP contribution is -2.37. The molecule has 1 aliphatic heterocycles. The van der Waals surface area contributed by atoms with Crippen molar-refractivity contribution in [1.29, 1.82) is 0 Å². The fourth-order valence-corrected chi connectivity index (χ4v) is 2.56. The first-order valence-electron chi connectivity index (χ1n) is 4.56. The molecule has 0 aromatic carbocycles. The highest BCUT2D eigenvalue weighted by Crippen LogP contribution is 2.50. The van der Waals surface area contributed by atoms with Gasteiger partial charge in [0.1, 0.15) is 0 Å². The minimum atomic E-state index is 0.298. The number of carbonyl (C=O) groups is 1. The molecule has 2 heteroatoms. The van der Waals surface area contributed by atoms with Gasteiger partial charge in [-0.15, -0.1) is 0 Å². The zero-order chi connectivity index (χ0) is 7.90. The minimum Gasteiger partial charge on any atom is -0.355 e. The zero-order valence-electron chi connectivity index (χ0n) is 7.02. The minimum absolute atomic E-state index is 0.298. The Morgan fingerprint density at radius 1 is 1.64 bits per heavy atom. The van der Waals surface area contributed by atoms with Crippen LogP contribution in [-0.2, 0) is 4.79 Å². The summed E-state index contributed by atoms with van der Waals surface area (Å²) in [7, 11) is 0. The fraction of sp³-hybridized carbons (Fsp3) is 0.889. The van der Waals surface area contributed by atoms with Crippen LogP contribution in [0.1, 0.15) is 32.6 Å². The maximum Gasteiger partial charge on any atom is 0.223 e. The van der Waals surface area contributed by atoms with Gasteiger partial charge in [-0.1, -0.05) is 13.3 Å². The first-order chi connectivity index (χ1) is 5.28. The third-order valence-electron chi connectivity index (χ3n) is 3.43. The Hall–Kier alpha value is -0.530. The third kappa shape index (κ3) is 0.815. The van der Waals surface area contributed by atoms with Crippen molar-refractivity contribution in [3.8, 4) is 0 Å². The lowest BCUT2D eigenvalue weighted by Gasteiger charge is -2.41. The third-order valence-corrected chi connectivity index (χ3v) is 3.43. The Morgan fingerprint density at radius 3 is 2.73 bits per heavy atom. The molecule has 0 aromatic rings. The molecular formula is C9H15NO. The van der Waals surface area contributed by atoms with Crippen LogP contribution < -0.4 is 5.32 Å². The Kier molecular flexibility index (Phi) is 1.44. The molecule has 11 heavy (non-hydrogen) atoms. The standard InChI is InChI=1S/C9H15NO/c1-2-7-8(11)10-6-9(7)4-3-5-9/h7H,2-6H2,1H3,(H,10,11). The normalized spacial score (nSPS) is 33.5. The van der Waals surface area contributed by atoms with Crippen molar-refractivity contribution in [3.63, 3.8) is 0 Å². The van der Waals surface area contributed by atoms with Crippen LogP contribution in [0.25, 0.3) is 0 Å². The van der Waals surface area contributed by atoms with E-state index in [0.717, 1.165) is 13.0 Å². The van der Waals surface area contributed by atoms with Crippen molar-refractivity contribution in [3.05, 3.63) is 0 Å². The van der Waals surface area contributed by atoms with Gasteiger partial charge >= 0.3 is 0 Å². The van der Waals surface area contributed by atoms with Gasteiger partial charge < -0.3 is 5.32 Å². The second-order valence-electron chi connectivity index (χ2n) is 3.89. The summed E-state index contributed by atoms with van der Waals surface area (Å²) in [4.78, 5) is 11.3. The van der Waals surface area contributed by atoms with Crippen LogP contribution in [-0.4, -0.2) is 12.5 Å². The maximum atomic E-state index is 11.3. The van der Waals surface area contributed by atoms with Gasteiger partial charge in [-0.3, -0.25) is 4.79 Å². The topological polar surface area (TPSA) is 29.1 Å². The predicted molar refractivity (Wildman–Crippen MR) is 43.1 cm³/mol. The highest BCUT2D eigenvalue weighted by Gasteiger charge is 2.50. The van der Waals surface area contributed by atoms with Crippen LogP contribution in [0.4, 0.5) is 0 Å². The fourth-order valence-electron chi connectivity index (χ4n) is 2.56. The summed E-state index contributed by atoms with van der Waals surface area (Å²) in [6, 6.07) is 0. The van der Waals surface area contributed by atoms with Crippen LogP contribution in [0.2, 0.25) is 0 Å². The molecule has 1 aliphatic carbocycles. The molecule has 2 rings (SSSR count). The average Bonchev–Trinajstić information content (AvgIpc) is 2.25. The SMILES string of the molecule is CCC1C(=O)NCC12CCC2. The molecule has 1 saturated heterocycles. The van der Waals surface area contributed by atoms with E-state index < -0.39 is 0 Å². The summed E-state index contributed by atoms with van der Waals surface area (Å²) in [6.45, 7) is 3.07. The molecular weight excluding hydrogens is 138 g/mol. The molecule has 1 atom stereocenters. The molecule has 62 valence electrons. The Bertz CT molecular complexity index is 184. The lowest BCUT2D eigenvalue weighted by atomic mass is 9.62. The van der Waals surface area contributed by atoms with E-state index in [4.69, 9.17) is 0 Å². The lowest BCUT2D eigenvalue weighted by molar-refractivity contribution is -0.125. The van der Waals surface area contributed by atoms with Crippen LogP contribution in [0, 0.1) is 11.3 Å². The first-order valence-corrected chi connectivity index (χ1v) is 4.56. The van der Waals surface area contributed by atoms with E-state index in [1.807, 2.05) is 0 Å². The van der Waals surface area contributed by atoms with E-state index in [2.05, 4.69) is 12.2 Å². The molecule has 0 bridgehead atoms. The number of carbonyl (C=O) groups excluding carboxylic acids is 1. The van der Waals surface area contributed by atoms with Crippen molar-refractivity contribution in [2.45, 2.75) is 32.6 Å². The Labute approximate surface area is 67.4 Å². The number of hydrogen-bond donors (Lipinski definition) is 1. The van der Waals surface area contributed by atoms with Crippen LogP contribution in [0.15, 0.2) is 0 Å². The molecule has 1 N–H and O–H groups in total. The molecule has 1 spiro atoms. The van der Waals surface area contributed by atoms with Crippen molar-refractivity contribution in [1.82, 2.24) is 5.32 Å². The van der Waals surface area contributed by atoms with Crippen molar-refractivity contribution >= 4 is 5.91 Å². The van der Waals surface area contributed by atoms with Crippen LogP contribution in [0.5, 0.6) is 0 Å². The van der Waals surface area contributed by atoms with E-state index in [0.29, 0.717) is 17.2 Å². The number of hydrogen-bond acceptors (Lipinski definition) is 1. The van der Waals surface area contributed by atoms with Gasteiger partial charge in [0.25, 0.3) is 0 Å². The molecule has 0 aromatic heterocycles. The van der Waals surface area contributed by atoms with Crippen LogP contribution >= 0.6 is 0 Å². The molecule has 1 unspecified atom stereocenters. The van der Waals surface area contributed by atoms with Gasteiger partial charge in [0, 0.05) is 12.5 Å². The van der Waals surface area contributed by atoms with Crippen molar-refractivity contribution in [2.24, 2.45) is 11.3 Å². The largest absolute Gasteiger partial charge is 0.355 e. The molecule has 1 saturated carbocycles. The summed E-state index contributed by atoms with van der Waals surface area (Å²) in [6.07, 6.45) is 4.88. The molecule has 2 aliphatic rings. The van der Waals surface area contributed by atoms with E-state index in [9.17, 15) is 4.79 Å². The Morgan fingerprint density at radius 2 is 2.36 bits per heavy atom. The van der Waals surface area contributed by atoms with Gasteiger partial charge in [-0.05, 0) is 24.7 Å². The second-order valence-corrected chi connectivity index (χ2v) is 3.89. The molecule has 1 amide bonds. The van der Waals surface area contributed by atoms with Gasteiger partial charge in [0.2, 0.25) is 5.91 Å². The molecule has 0 radical (unpaired) electrons. The van der Waals surface area contributed by atoms with Crippen molar-refractivity contribution < 1.29 is 4.79 Å². The van der Waals surface area contributed by atoms with Gasteiger partial charge in [-0.25, -0.2) is 0 Å². The molecule has 2 nitrogen and oxygen atoms in total. The van der Waals surface area contributed by atoms with E-state index in [1.165, 1.54) is 19.3 Å². The van der Waals surface area contributed by atoms with Gasteiger partial charge in [-0.2, -0.15) is 0 Å². The summed E-state index contributed by atoms with van der Waals surface area (Å²) in [5, 5.41) is 2.97. The Balaban J connectivity index is 2.16. The highest BCUT2D eigenvalue weighted by molar-refractivity contribution is 5.82. The maximum absolute atomic E-state index is 11.3. The number of amides is 1. The quantitative estimate of drug-likeness (QED) is 0.604. The van der Waals surface area contributed by atoms with Crippen molar-refractivity contribution in [2.75, 3.05) is 6.54 Å².